The summed E-state index contributed by atoms with van der Waals surface area (Å²) in [5, 5.41) is 5.69. The van der Waals surface area contributed by atoms with E-state index in [0.717, 1.165) is 24.3 Å². The van der Waals surface area contributed by atoms with Crippen LogP contribution < -0.4 is 10.6 Å². The largest absolute Gasteiger partial charge is 0.416 e. The Hall–Kier alpha value is -2.57. The lowest BCUT2D eigenvalue weighted by molar-refractivity contribution is -0.137. The molecule has 0 bridgehead atoms. The Morgan fingerprint density at radius 1 is 1.09 bits per heavy atom. The number of halogens is 3. The highest BCUT2D eigenvalue weighted by atomic mass is 19.4. The Kier molecular flexibility index (Phi) is 4.88. The number of amides is 1. The van der Waals surface area contributed by atoms with E-state index in [4.69, 9.17) is 0 Å². The number of benzene rings is 1. The van der Waals surface area contributed by atoms with Crippen molar-refractivity contribution in [2.24, 2.45) is 0 Å². The molecule has 1 aromatic heterocycles. The molecule has 0 aliphatic carbocycles. The molecule has 122 valence electrons. The maximum absolute atomic E-state index is 12.5. The Bertz CT molecular complexity index is 664. The first-order chi connectivity index (χ1) is 10.8. The third-order valence-corrected chi connectivity index (χ3v) is 2.93. The summed E-state index contributed by atoms with van der Waals surface area (Å²) >= 11 is 0. The van der Waals surface area contributed by atoms with Crippen molar-refractivity contribution in [3.8, 4) is 0 Å². The molecule has 0 spiro atoms. The Morgan fingerprint density at radius 2 is 1.74 bits per heavy atom. The molecule has 0 saturated heterocycles. The van der Waals surface area contributed by atoms with Crippen molar-refractivity contribution in [1.29, 1.82) is 0 Å². The van der Waals surface area contributed by atoms with Gasteiger partial charge in [-0.05, 0) is 50.2 Å². The lowest BCUT2D eigenvalue weighted by Crippen LogP contribution is -2.14. The van der Waals surface area contributed by atoms with E-state index in [9.17, 15) is 18.0 Å². The molecule has 0 aliphatic heterocycles. The number of nitrogens with one attached hydrogen (secondary N) is 2. The zero-order valence-electron chi connectivity index (χ0n) is 12.6. The summed E-state index contributed by atoms with van der Waals surface area (Å²) in [5.74, 6) is 0.178. The Balaban J connectivity index is 2.04. The van der Waals surface area contributed by atoms with Crippen LogP contribution in [0.1, 0.15) is 29.8 Å². The maximum Gasteiger partial charge on any atom is 0.416 e. The van der Waals surface area contributed by atoms with Crippen molar-refractivity contribution >= 4 is 17.4 Å². The highest BCUT2D eigenvalue weighted by Crippen LogP contribution is 2.29. The molecular formula is C16H16F3N3O. The topological polar surface area (TPSA) is 54.0 Å². The van der Waals surface area contributed by atoms with Crippen LogP contribution in [0.25, 0.3) is 0 Å². The van der Waals surface area contributed by atoms with E-state index >= 15 is 0 Å². The van der Waals surface area contributed by atoms with Crippen molar-refractivity contribution in [3.63, 3.8) is 0 Å². The van der Waals surface area contributed by atoms with Crippen LogP contribution in [-0.2, 0) is 6.18 Å². The summed E-state index contributed by atoms with van der Waals surface area (Å²) in [6.45, 7) is 3.95. The SMILES string of the molecule is CC(C)Nc1ccc(NC(=O)c2ccc(C(F)(F)F)cc2)cn1. The highest BCUT2D eigenvalue weighted by molar-refractivity contribution is 6.04. The molecule has 23 heavy (non-hydrogen) atoms. The maximum atomic E-state index is 12.5. The first-order valence-corrected chi connectivity index (χ1v) is 6.97. The van der Waals surface area contributed by atoms with Gasteiger partial charge in [0.2, 0.25) is 0 Å². The number of carbonyl (C=O) groups is 1. The van der Waals surface area contributed by atoms with Crippen LogP contribution in [0.15, 0.2) is 42.6 Å². The molecule has 2 N–H and O–H groups in total. The van der Waals surface area contributed by atoms with Gasteiger partial charge in [-0.1, -0.05) is 0 Å². The van der Waals surface area contributed by atoms with E-state index in [-0.39, 0.29) is 11.6 Å². The van der Waals surface area contributed by atoms with Gasteiger partial charge >= 0.3 is 6.18 Å². The van der Waals surface area contributed by atoms with Crippen LogP contribution in [0.2, 0.25) is 0 Å². The fourth-order valence-electron chi connectivity index (χ4n) is 1.86. The number of anilines is 2. The molecule has 0 aliphatic rings. The summed E-state index contributed by atoms with van der Waals surface area (Å²) in [6.07, 6.45) is -2.94. The molecule has 0 saturated carbocycles. The van der Waals surface area contributed by atoms with Gasteiger partial charge < -0.3 is 10.6 Å². The number of nitrogens with zero attached hydrogens (tertiary/aromatic N) is 1. The number of carbonyl (C=O) groups excluding carboxylic acids is 1. The molecule has 1 heterocycles. The van der Waals surface area contributed by atoms with E-state index in [1.54, 1.807) is 12.1 Å². The molecule has 4 nitrogen and oxygen atoms in total. The van der Waals surface area contributed by atoms with Crippen molar-refractivity contribution in [2.45, 2.75) is 26.1 Å². The van der Waals surface area contributed by atoms with Crippen molar-refractivity contribution < 1.29 is 18.0 Å². The lowest BCUT2D eigenvalue weighted by Gasteiger charge is -2.10. The summed E-state index contributed by atoms with van der Waals surface area (Å²) in [5.41, 5.74) is -0.189. The summed E-state index contributed by atoms with van der Waals surface area (Å²) in [4.78, 5) is 16.1. The van der Waals surface area contributed by atoms with E-state index in [1.807, 2.05) is 13.8 Å². The van der Waals surface area contributed by atoms with Gasteiger partial charge in [0.1, 0.15) is 5.82 Å². The van der Waals surface area contributed by atoms with Crippen LogP contribution in [-0.4, -0.2) is 16.9 Å². The van der Waals surface area contributed by atoms with Gasteiger partial charge in [0.15, 0.2) is 0 Å². The predicted molar refractivity (Wildman–Crippen MR) is 82.4 cm³/mol. The predicted octanol–water partition coefficient (Wildman–Crippen LogP) is 4.17. The van der Waals surface area contributed by atoms with Crippen molar-refractivity contribution in [3.05, 3.63) is 53.7 Å². The van der Waals surface area contributed by atoms with Crippen LogP contribution in [0.4, 0.5) is 24.7 Å². The number of pyridine rings is 1. The molecule has 0 unspecified atom stereocenters. The second-order valence-electron chi connectivity index (χ2n) is 5.26. The first-order valence-electron chi connectivity index (χ1n) is 6.97. The van der Waals surface area contributed by atoms with Crippen LogP contribution in [0, 0.1) is 0 Å². The standard InChI is InChI=1S/C16H16F3N3O/c1-10(2)21-14-8-7-13(9-20-14)22-15(23)11-3-5-12(6-4-11)16(17,18)19/h3-10H,1-2H3,(H,20,21)(H,22,23). The molecule has 0 atom stereocenters. The monoisotopic (exact) mass is 323 g/mol. The van der Waals surface area contributed by atoms with Crippen molar-refractivity contribution in [1.82, 2.24) is 4.98 Å². The minimum Gasteiger partial charge on any atom is -0.368 e. The number of aromatic nitrogens is 1. The van der Waals surface area contributed by atoms with E-state index < -0.39 is 17.6 Å². The zero-order valence-corrected chi connectivity index (χ0v) is 12.6. The Labute approximate surface area is 131 Å². The molecule has 7 heteroatoms. The fraction of sp³-hybridized carbons (Fsp3) is 0.250. The van der Waals surface area contributed by atoms with Crippen LogP contribution >= 0.6 is 0 Å². The minimum atomic E-state index is -4.42. The average Bonchev–Trinajstić information content (AvgIpc) is 2.48. The fourth-order valence-corrected chi connectivity index (χ4v) is 1.86. The normalized spacial score (nSPS) is 11.4. The molecule has 1 amide bonds. The van der Waals surface area contributed by atoms with E-state index in [0.29, 0.717) is 11.5 Å². The lowest BCUT2D eigenvalue weighted by atomic mass is 10.1. The average molecular weight is 323 g/mol. The van der Waals surface area contributed by atoms with Gasteiger partial charge in [-0.3, -0.25) is 4.79 Å². The van der Waals surface area contributed by atoms with Gasteiger partial charge in [-0.2, -0.15) is 13.2 Å². The summed E-state index contributed by atoms with van der Waals surface area (Å²) in [7, 11) is 0. The molecule has 0 fully saturated rings. The molecule has 0 radical (unpaired) electrons. The van der Waals surface area contributed by atoms with Crippen LogP contribution in [0.5, 0.6) is 0 Å². The molecule has 2 rings (SSSR count). The number of hydrogen-bond acceptors (Lipinski definition) is 3. The molecular weight excluding hydrogens is 307 g/mol. The van der Waals surface area contributed by atoms with Gasteiger partial charge in [0, 0.05) is 11.6 Å². The molecule has 2 aromatic rings. The molecule has 1 aromatic carbocycles. The zero-order chi connectivity index (χ0) is 17.0. The number of alkyl halides is 3. The smallest absolute Gasteiger partial charge is 0.368 e. The van der Waals surface area contributed by atoms with Gasteiger partial charge in [-0.25, -0.2) is 4.98 Å². The number of rotatable bonds is 4. The first kappa shape index (κ1) is 16.8. The third-order valence-electron chi connectivity index (χ3n) is 2.93. The van der Waals surface area contributed by atoms with Gasteiger partial charge in [-0.15, -0.1) is 0 Å². The van der Waals surface area contributed by atoms with Gasteiger partial charge in [0.25, 0.3) is 5.91 Å². The van der Waals surface area contributed by atoms with E-state index in [1.165, 1.54) is 6.20 Å². The van der Waals surface area contributed by atoms with Crippen LogP contribution in [0.3, 0.4) is 0 Å². The van der Waals surface area contributed by atoms with E-state index in [2.05, 4.69) is 15.6 Å². The Morgan fingerprint density at radius 3 is 2.22 bits per heavy atom. The minimum absolute atomic E-state index is 0.141. The van der Waals surface area contributed by atoms with Gasteiger partial charge in [0.05, 0.1) is 17.4 Å². The second-order valence-corrected chi connectivity index (χ2v) is 5.26. The third kappa shape index (κ3) is 4.70. The van der Waals surface area contributed by atoms with Crippen molar-refractivity contribution in [2.75, 3.05) is 10.6 Å². The summed E-state index contributed by atoms with van der Waals surface area (Å²) in [6, 6.07) is 7.64. The number of hydrogen-bond donors (Lipinski definition) is 2. The summed E-state index contributed by atoms with van der Waals surface area (Å²) < 4.78 is 37.4. The second kappa shape index (κ2) is 6.68. The highest BCUT2D eigenvalue weighted by Gasteiger charge is 2.30. The quantitative estimate of drug-likeness (QED) is 0.888.